The largest absolute Gasteiger partial charge is 0.444 e. The van der Waals surface area contributed by atoms with Gasteiger partial charge in [-0.05, 0) is 59.3 Å². The Bertz CT molecular complexity index is 263. The molecule has 0 radical (unpaired) electrons. The summed E-state index contributed by atoms with van der Waals surface area (Å²) in [6, 6.07) is 0.286. The Morgan fingerprint density at radius 3 is 2.39 bits per heavy atom. The van der Waals surface area contributed by atoms with Gasteiger partial charge in [-0.1, -0.05) is 0 Å². The number of nitrogens with zero attached hydrogens (tertiary/aromatic N) is 1. The second-order valence-corrected chi connectivity index (χ2v) is 6.47. The van der Waals surface area contributed by atoms with Gasteiger partial charge in [0.2, 0.25) is 0 Å². The predicted octanol–water partition coefficient (Wildman–Crippen LogP) is 2.76. The number of likely N-dealkylation sites (tertiary alicyclic amines) is 1. The lowest BCUT2D eigenvalue weighted by Gasteiger charge is -2.33. The Morgan fingerprint density at radius 2 is 1.94 bits per heavy atom. The first kappa shape index (κ1) is 15.3. The van der Waals surface area contributed by atoms with E-state index in [-0.39, 0.29) is 12.1 Å². The summed E-state index contributed by atoms with van der Waals surface area (Å²) in [4.78, 5) is 13.7. The van der Waals surface area contributed by atoms with E-state index in [0.717, 1.165) is 38.3 Å². The minimum atomic E-state index is -0.400. The molecule has 4 heteroatoms. The zero-order chi connectivity index (χ0) is 13.8. The van der Waals surface area contributed by atoms with Crippen LogP contribution in [0, 0.1) is 5.92 Å². The van der Waals surface area contributed by atoms with Crippen LogP contribution in [0.2, 0.25) is 0 Å². The standard InChI is InChI=1S/C14H28N2O2/c1-11(15)5-6-12-7-9-16(10-8-12)13(17)18-14(2,3)4/h11-12H,5-10,15H2,1-4H3/t11-/m0/s1. The van der Waals surface area contributed by atoms with Gasteiger partial charge in [-0.3, -0.25) is 0 Å². The third-order valence-electron chi connectivity index (χ3n) is 3.30. The van der Waals surface area contributed by atoms with E-state index >= 15 is 0 Å². The summed E-state index contributed by atoms with van der Waals surface area (Å²) in [6.45, 7) is 9.40. The van der Waals surface area contributed by atoms with Crippen LogP contribution in [0.15, 0.2) is 0 Å². The van der Waals surface area contributed by atoms with Gasteiger partial charge in [0.05, 0.1) is 0 Å². The molecule has 0 unspecified atom stereocenters. The first-order valence-corrected chi connectivity index (χ1v) is 7.01. The molecule has 0 aliphatic carbocycles. The maximum Gasteiger partial charge on any atom is 0.410 e. The van der Waals surface area contributed by atoms with Gasteiger partial charge >= 0.3 is 6.09 Å². The van der Waals surface area contributed by atoms with Crippen LogP contribution in [-0.4, -0.2) is 35.7 Å². The summed E-state index contributed by atoms with van der Waals surface area (Å²) < 4.78 is 5.38. The summed E-state index contributed by atoms with van der Waals surface area (Å²) >= 11 is 0. The zero-order valence-corrected chi connectivity index (χ0v) is 12.2. The van der Waals surface area contributed by atoms with Crippen LogP contribution in [0.1, 0.15) is 53.4 Å². The minimum absolute atomic E-state index is 0.173. The Hall–Kier alpha value is -0.770. The van der Waals surface area contributed by atoms with E-state index in [9.17, 15) is 4.79 Å². The van der Waals surface area contributed by atoms with Crippen molar-refractivity contribution >= 4 is 6.09 Å². The van der Waals surface area contributed by atoms with Crippen LogP contribution in [-0.2, 0) is 4.74 Å². The smallest absolute Gasteiger partial charge is 0.410 e. The molecule has 1 amide bonds. The monoisotopic (exact) mass is 256 g/mol. The van der Waals surface area contributed by atoms with Crippen LogP contribution in [0.3, 0.4) is 0 Å². The van der Waals surface area contributed by atoms with E-state index < -0.39 is 5.60 Å². The van der Waals surface area contributed by atoms with Gasteiger partial charge in [-0.15, -0.1) is 0 Å². The molecule has 1 rings (SSSR count). The molecule has 0 aromatic carbocycles. The fourth-order valence-electron chi connectivity index (χ4n) is 2.23. The first-order chi connectivity index (χ1) is 8.28. The van der Waals surface area contributed by atoms with Crippen LogP contribution in [0.25, 0.3) is 0 Å². The molecule has 1 aliphatic rings. The topological polar surface area (TPSA) is 55.6 Å². The summed E-state index contributed by atoms with van der Waals surface area (Å²) in [7, 11) is 0. The average Bonchev–Trinajstić information content (AvgIpc) is 2.24. The van der Waals surface area contributed by atoms with E-state index in [2.05, 4.69) is 6.92 Å². The maximum atomic E-state index is 11.9. The third kappa shape index (κ3) is 5.71. The van der Waals surface area contributed by atoms with Crippen molar-refractivity contribution in [2.24, 2.45) is 11.7 Å². The van der Waals surface area contributed by atoms with E-state index in [1.807, 2.05) is 25.7 Å². The van der Waals surface area contributed by atoms with Crippen LogP contribution in [0.4, 0.5) is 4.79 Å². The second-order valence-electron chi connectivity index (χ2n) is 6.47. The summed E-state index contributed by atoms with van der Waals surface area (Å²) in [5.41, 5.74) is 5.37. The SMILES string of the molecule is C[C@H](N)CCC1CCN(C(=O)OC(C)(C)C)CC1. The lowest BCUT2D eigenvalue weighted by Crippen LogP contribution is -2.41. The number of hydrogen-bond acceptors (Lipinski definition) is 3. The van der Waals surface area contributed by atoms with Gasteiger partial charge < -0.3 is 15.4 Å². The number of amides is 1. The van der Waals surface area contributed by atoms with Crippen molar-refractivity contribution in [2.45, 2.75) is 65.0 Å². The number of rotatable bonds is 3. The molecule has 0 aromatic rings. The number of ether oxygens (including phenoxy) is 1. The molecule has 1 atom stereocenters. The Morgan fingerprint density at radius 1 is 1.39 bits per heavy atom. The highest BCUT2D eigenvalue weighted by Gasteiger charge is 2.26. The molecule has 2 N–H and O–H groups in total. The van der Waals surface area contributed by atoms with Gasteiger partial charge in [0.15, 0.2) is 0 Å². The quantitative estimate of drug-likeness (QED) is 0.844. The Kier molecular flexibility index (Phi) is 5.45. The summed E-state index contributed by atoms with van der Waals surface area (Å²) in [6.07, 6.45) is 4.24. The van der Waals surface area contributed by atoms with E-state index in [4.69, 9.17) is 10.5 Å². The zero-order valence-electron chi connectivity index (χ0n) is 12.2. The van der Waals surface area contributed by atoms with Gasteiger partial charge in [0.25, 0.3) is 0 Å². The normalized spacial score (nSPS) is 19.7. The van der Waals surface area contributed by atoms with Crippen molar-refractivity contribution in [3.63, 3.8) is 0 Å². The number of carbonyl (C=O) groups excluding carboxylic acids is 1. The lowest BCUT2D eigenvalue weighted by atomic mass is 9.91. The van der Waals surface area contributed by atoms with Gasteiger partial charge in [0.1, 0.15) is 5.60 Å². The third-order valence-corrected chi connectivity index (χ3v) is 3.30. The van der Waals surface area contributed by atoms with E-state index in [1.165, 1.54) is 6.42 Å². The van der Waals surface area contributed by atoms with Crippen molar-refractivity contribution < 1.29 is 9.53 Å². The Balaban J connectivity index is 2.28. The molecular formula is C14H28N2O2. The molecule has 0 spiro atoms. The van der Waals surface area contributed by atoms with Crippen LogP contribution in [0.5, 0.6) is 0 Å². The average molecular weight is 256 g/mol. The minimum Gasteiger partial charge on any atom is -0.444 e. The highest BCUT2D eigenvalue weighted by atomic mass is 16.6. The van der Waals surface area contributed by atoms with E-state index in [1.54, 1.807) is 0 Å². The van der Waals surface area contributed by atoms with Gasteiger partial charge in [0, 0.05) is 19.1 Å². The molecule has 106 valence electrons. The van der Waals surface area contributed by atoms with E-state index in [0.29, 0.717) is 0 Å². The molecule has 4 nitrogen and oxygen atoms in total. The molecule has 1 aliphatic heterocycles. The number of carbonyl (C=O) groups is 1. The fraction of sp³-hybridized carbons (Fsp3) is 0.929. The predicted molar refractivity (Wildman–Crippen MR) is 73.4 cm³/mol. The molecular weight excluding hydrogens is 228 g/mol. The first-order valence-electron chi connectivity index (χ1n) is 7.01. The van der Waals surface area contributed by atoms with Crippen molar-refractivity contribution in [3.05, 3.63) is 0 Å². The van der Waals surface area contributed by atoms with Crippen molar-refractivity contribution in [3.8, 4) is 0 Å². The maximum absolute atomic E-state index is 11.9. The van der Waals surface area contributed by atoms with Crippen LogP contribution >= 0.6 is 0 Å². The van der Waals surface area contributed by atoms with Crippen molar-refractivity contribution in [1.29, 1.82) is 0 Å². The van der Waals surface area contributed by atoms with Gasteiger partial charge in [-0.2, -0.15) is 0 Å². The fourth-order valence-corrected chi connectivity index (χ4v) is 2.23. The lowest BCUT2D eigenvalue weighted by molar-refractivity contribution is 0.0180. The number of hydrogen-bond donors (Lipinski definition) is 1. The molecule has 1 saturated heterocycles. The number of piperidine rings is 1. The molecule has 0 aromatic heterocycles. The Labute approximate surface area is 111 Å². The molecule has 1 fully saturated rings. The van der Waals surface area contributed by atoms with Crippen LogP contribution < -0.4 is 5.73 Å². The molecule has 18 heavy (non-hydrogen) atoms. The summed E-state index contributed by atoms with van der Waals surface area (Å²) in [5, 5.41) is 0. The molecule has 0 saturated carbocycles. The highest BCUT2D eigenvalue weighted by molar-refractivity contribution is 5.68. The molecule has 1 heterocycles. The number of nitrogens with two attached hydrogens (primary N) is 1. The molecule has 0 bridgehead atoms. The van der Waals surface area contributed by atoms with Crippen molar-refractivity contribution in [2.75, 3.05) is 13.1 Å². The highest BCUT2D eigenvalue weighted by Crippen LogP contribution is 2.23. The van der Waals surface area contributed by atoms with Crippen molar-refractivity contribution in [1.82, 2.24) is 4.90 Å². The summed E-state index contributed by atoms with van der Waals surface area (Å²) in [5.74, 6) is 0.717. The van der Waals surface area contributed by atoms with Gasteiger partial charge in [-0.25, -0.2) is 4.79 Å². The second kappa shape index (κ2) is 6.41.